The maximum absolute atomic E-state index is 11.9. The van der Waals surface area contributed by atoms with Crippen LogP contribution in [-0.2, 0) is 99.2 Å². The van der Waals surface area contributed by atoms with Crippen LogP contribution in [0.5, 0.6) is 5.75 Å². The summed E-state index contributed by atoms with van der Waals surface area (Å²) in [7, 11) is -10.7. The summed E-state index contributed by atoms with van der Waals surface area (Å²) in [5.74, 6) is -3.20. The maximum atomic E-state index is 11.9. The van der Waals surface area contributed by atoms with Crippen molar-refractivity contribution in [1.29, 1.82) is 5.41 Å². The van der Waals surface area contributed by atoms with Gasteiger partial charge < -0.3 is 51.1 Å². The van der Waals surface area contributed by atoms with E-state index in [0.717, 1.165) is 86.2 Å². The third kappa shape index (κ3) is 27.5. The molecule has 0 radical (unpaired) electrons. The second kappa shape index (κ2) is 43.0. The smallest absolute Gasteiger partial charge is 0.324 e. The Labute approximate surface area is 701 Å². The van der Waals surface area contributed by atoms with Crippen LogP contribution in [0.3, 0.4) is 0 Å². The van der Waals surface area contributed by atoms with Crippen LogP contribution in [0.4, 0.5) is 51.2 Å². The van der Waals surface area contributed by atoms with Crippen molar-refractivity contribution in [3.05, 3.63) is 278 Å². The number of nitrogens with two attached hydrogens (primary N) is 1. The van der Waals surface area contributed by atoms with E-state index >= 15 is 0 Å². The monoisotopic (exact) mass is 1750 g/mol. The molecule has 122 heavy (non-hydrogen) atoms. The molecule has 0 aromatic heterocycles. The van der Waals surface area contributed by atoms with E-state index in [9.17, 15) is 86.7 Å². The Morgan fingerprint density at radius 2 is 0.648 bits per heavy atom. The zero-order chi connectivity index (χ0) is 90.1. The molecule has 38 heteroatoms. The minimum Gasteiger partial charge on any atom is -0.488 e. The van der Waals surface area contributed by atoms with Crippen molar-refractivity contribution in [2.75, 3.05) is 74.6 Å². The Hall–Kier alpha value is -13.5. The lowest BCUT2D eigenvalue weighted by molar-refractivity contribution is -0.143. The van der Waals surface area contributed by atoms with Gasteiger partial charge in [-0.25, -0.2) is 52.6 Å². The summed E-state index contributed by atoms with van der Waals surface area (Å²) in [6.07, 6.45) is 4.33. The molecule has 4 atom stereocenters. The van der Waals surface area contributed by atoms with Gasteiger partial charge in [-0.2, -0.15) is 0 Å². The number of aliphatic carboxylic acids is 1. The zero-order valence-electron chi connectivity index (χ0n) is 67.0. The number of hydrogen-bond donors (Lipinski definition) is 10. The van der Waals surface area contributed by atoms with Gasteiger partial charge in [0.1, 0.15) is 52.6 Å². The van der Waals surface area contributed by atoms with E-state index in [1.54, 1.807) is 104 Å². The average molecular weight is 1750 g/mol. The molecule has 0 aliphatic rings. The lowest BCUT2D eigenvalue weighted by Gasteiger charge is -2.16. The highest BCUT2D eigenvalue weighted by atomic mass is 32.2. The van der Waals surface area contributed by atoms with Gasteiger partial charge in [0, 0.05) is 22.7 Å². The van der Waals surface area contributed by atoms with Crippen LogP contribution in [-0.4, -0.2) is 160 Å². The highest BCUT2D eigenvalue weighted by Gasteiger charge is 2.29. The Morgan fingerprint density at radius 1 is 0.385 bits per heavy atom. The van der Waals surface area contributed by atoms with Gasteiger partial charge in [-0.1, -0.05) is 146 Å². The van der Waals surface area contributed by atoms with Crippen LogP contribution in [0, 0.1) is 5.41 Å². The Balaban J connectivity index is 0.000000224. The van der Waals surface area contributed by atoms with Gasteiger partial charge in [0.2, 0.25) is 40.1 Å². The number of rotatable bonds is 34. The highest BCUT2D eigenvalue weighted by molar-refractivity contribution is 7.89. The molecule has 2 unspecified atom stereocenters. The number of carbonyl (C=O) groups is 4. The molecule has 0 bridgehead atoms. The summed E-state index contributed by atoms with van der Waals surface area (Å²) in [6, 6.07) is 53.8. The summed E-state index contributed by atoms with van der Waals surface area (Å²) in [6.45, 7) is 11.1. The van der Waals surface area contributed by atoms with Crippen LogP contribution in [0.2, 0.25) is 0 Å². The molecular formula is C84H87N11O23S4. The first kappa shape index (κ1) is 95.7. The van der Waals surface area contributed by atoms with Crippen LogP contribution in [0.1, 0.15) is 29.2 Å². The largest absolute Gasteiger partial charge is 0.488 e. The normalized spacial score (nSPS) is 12.2. The van der Waals surface area contributed by atoms with Crippen molar-refractivity contribution in [2.45, 2.75) is 56.8 Å². The second-order valence-corrected chi connectivity index (χ2v) is 34.0. The molecule has 11 N–H and O–H groups in total. The summed E-state index contributed by atoms with van der Waals surface area (Å²) in [5, 5.41) is 23.5. The van der Waals surface area contributed by atoms with Crippen molar-refractivity contribution >= 4 is 135 Å². The summed E-state index contributed by atoms with van der Waals surface area (Å²) < 4.78 is 120. The molecule has 0 spiro atoms. The number of ether oxygens (including phenoxy) is 4. The minimum atomic E-state index is -3.66. The molecular weight excluding hydrogens is 1660 g/mol. The van der Waals surface area contributed by atoms with Crippen molar-refractivity contribution in [2.24, 2.45) is 9.98 Å². The first-order chi connectivity index (χ1) is 57.6. The summed E-state index contributed by atoms with van der Waals surface area (Å²) >= 11 is 0. The first-order valence-corrected chi connectivity index (χ1v) is 43.8. The van der Waals surface area contributed by atoms with Gasteiger partial charge in [-0.05, 0) is 168 Å². The van der Waals surface area contributed by atoms with Crippen molar-refractivity contribution in [1.82, 2.24) is 18.9 Å². The van der Waals surface area contributed by atoms with Gasteiger partial charge in [0.25, 0.3) is 32.6 Å². The van der Waals surface area contributed by atoms with Crippen molar-refractivity contribution < 1.29 is 76.9 Å². The van der Waals surface area contributed by atoms with Gasteiger partial charge in [-0.3, -0.25) is 57.9 Å². The number of aliphatic imine (C=N–C) groups is 2. The maximum Gasteiger partial charge on any atom is 0.324 e. The molecule has 0 fully saturated rings. The van der Waals surface area contributed by atoms with E-state index in [0.29, 0.717) is 28.3 Å². The highest BCUT2D eigenvalue weighted by Crippen LogP contribution is 2.32. The van der Waals surface area contributed by atoms with E-state index in [-0.39, 0.29) is 66.5 Å². The second-order valence-electron chi connectivity index (χ2n) is 26.9. The van der Waals surface area contributed by atoms with E-state index in [4.69, 9.17) is 15.9 Å². The van der Waals surface area contributed by atoms with Gasteiger partial charge >= 0.3 is 23.9 Å². The predicted molar refractivity (Wildman–Crippen MR) is 471 cm³/mol. The van der Waals surface area contributed by atoms with E-state index < -0.39 is 121 Å². The average Bonchev–Trinajstić information content (AvgIpc) is 0.785. The van der Waals surface area contributed by atoms with Crippen LogP contribution in [0.25, 0.3) is 44.5 Å². The number of nitrogen functional groups attached to an aromatic ring is 1. The number of carboxylic acid groups (broad SMARTS) is 1. The number of esters is 3. The molecule has 0 aliphatic carbocycles. The first-order valence-electron chi connectivity index (χ1n) is 36.2. The Morgan fingerprint density at radius 3 is 0.910 bits per heavy atom. The topological polar surface area (TPSA) is 523 Å². The van der Waals surface area contributed by atoms with Gasteiger partial charge in [0.05, 0.1) is 53.0 Å². The lowest BCUT2D eigenvalue weighted by atomic mass is 10.0. The standard InChI is InChI=1S/C23H24N2O7S.C22H21N3O6S.C21H19N3O6S.C17H20N2O4S.CH3N/c1-4-32-22-19(20(26)21(22)27)24-17-7-5-6-16(13-17)15-10-8-14(9-11-15)12-18(23(28)31-2)25-33(3,29)30;1-23-18-19(21(27)20(18)26)24-16-6-4-5-15(12-16)14-9-7-13(8-10-14)11-17(22(28)31-2)25-32(3,29)30;1-22-17-18(20(26)19(17)25)23-15-5-3-4-14(11-15)13-8-6-12(7-9-13)10-16(21(27)28)24-31(2,29)30;1-23-17(20)16(19-24(2,21)22)10-12-6-8-13(9-7-12)14-4-3-5-15(18)11-14;1-2/h5-11,13,18,24-25H,4,12H2,1-3H3;4-10,12,17,24-25H,1,11H2,2-3H3;3-9,11,16,23-24H,1,10H2,2H3,(H,27,28);3-9,11,16,19H,10,18H2,1-2H3;2H,1H2/t18-;;;16-;/m0..0./s1. The van der Waals surface area contributed by atoms with E-state index in [2.05, 4.69) is 79.2 Å². The zero-order valence-corrected chi connectivity index (χ0v) is 70.2. The molecule has 11 rings (SSSR count). The quantitative estimate of drug-likeness (QED) is 0.00652. The molecule has 34 nitrogen and oxygen atoms in total. The van der Waals surface area contributed by atoms with Crippen LogP contribution < -0.4 is 77.9 Å². The number of hydrogen-bond acceptors (Lipinski definition) is 29. The third-order valence-electron chi connectivity index (χ3n) is 17.6. The fraction of sp³-hybridized carbons (Fsp3) is 0.202. The fourth-order valence-electron chi connectivity index (χ4n) is 12.0. The number of carbonyl (C=O) groups excluding carboxylic acids is 3. The number of anilines is 7. The molecule has 11 aromatic carbocycles. The number of nitrogens with one attached hydrogen (secondary N) is 8. The Kier molecular flexibility index (Phi) is 33.7. The molecule has 0 saturated heterocycles. The number of sulfonamides is 4. The number of methoxy groups -OCH3 is 3. The minimum absolute atomic E-state index is 0.00803. The van der Waals surface area contributed by atoms with E-state index in [1.165, 1.54) is 21.3 Å². The third-order valence-corrected chi connectivity index (χ3v) is 20.5. The number of nitrogens with zero attached hydrogens (tertiary/aromatic N) is 2. The fourth-order valence-corrected chi connectivity index (χ4v) is 14.8. The number of benzene rings is 8. The Bertz CT molecular complexity index is 6350. The molecule has 11 aromatic rings. The molecule has 0 heterocycles. The van der Waals surface area contributed by atoms with E-state index in [1.807, 2.05) is 97.1 Å². The van der Waals surface area contributed by atoms with Crippen LogP contribution in [0.15, 0.2) is 233 Å². The summed E-state index contributed by atoms with van der Waals surface area (Å²) in [4.78, 5) is 124. The van der Waals surface area contributed by atoms with Crippen LogP contribution >= 0.6 is 0 Å². The SMILES string of the molecule is C=N.C=Nc1c(Nc2cccc(-c3ccc(CC(NS(C)(=O)=O)C(=O)O)cc3)c2)c(=O)c1=O.C=Nc1c(Nc2cccc(-c3ccc(CC(NS(C)(=O)=O)C(=O)OC)cc3)c2)c(=O)c1=O.CCOc1c(Nc2cccc(-c3ccc(C[C@H](NS(C)(=O)=O)C(=O)OC)cc3)c2)c(=O)c1=O.COC(=O)[C@H](Cc1ccc(-c2cccc(N)c2)cc1)NS(C)(=O)=O. The van der Waals surface area contributed by atoms with Crippen molar-refractivity contribution in [3.63, 3.8) is 0 Å². The number of carboxylic acids is 1. The van der Waals surface area contributed by atoms with Gasteiger partial charge in [0.15, 0.2) is 5.75 Å². The molecule has 640 valence electrons. The lowest BCUT2D eigenvalue weighted by Crippen LogP contribution is -2.42. The molecule has 0 amide bonds. The van der Waals surface area contributed by atoms with Gasteiger partial charge in [-0.15, -0.1) is 0 Å². The molecule has 0 saturated carbocycles. The predicted octanol–water partition coefficient (Wildman–Crippen LogP) is 6.79. The van der Waals surface area contributed by atoms with Crippen molar-refractivity contribution in [3.8, 4) is 50.3 Å². The molecule has 0 aliphatic heterocycles. The summed E-state index contributed by atoms with van der Waals surface area (Å²) in [5.41, 5.74) is 14.7.